The van der Waals surface area contributed by atoms with Gasteiger partial charge in [-0.25, -0.2) is 0 Å². The number of amides is 1. The fourth-order valence-electron chi connectivity index (χ4n) is 2.05. The average Bonchev–Trinajstić information content (AvgIpc) is 2.28. The lowest BCUT2D eigenvalue weighted by Gasteiger charge is -2.36. The van der Waals surface area contributed by atoms with Crippen molar-refractivity contribution in [1.29, 1.82) is 0 Å². The van der Waals surface area contributed by atoms with Crippen molar-refractivity contribution in [2.24, 2.45) is 5.73 Å². The number of nitrogens with zero attached hydrogens (tertiary/aromatic N) is 1. The van der Waals surface area contributed by atoms with Gasteiger partial charge in [0.2, 0.25) is 5.91 Å². The summed E-state index contributed by atoms with van der Waals surface area (Å²) < 4.78 is 0. The maximum absolute atomic E-state index is 11.7. The van der Waals surface area contributed by atoms with Gasteiger partial charge in [-0.2, -0.15) is 0 Å². The molecule has 3 N–H and O–H groups in total. The van der Waals surface area contributed by atoms with Gasteiger partial charge in [0, 0.05) is 19.1 Å². The third-order valence-corrected chi connectivity index (χ3v) is 3.03. The summed E-state index contributed by atoms with van der Waals surface area (Å²) in [5.74, 6) is 0.0632. The molecule has 1 atom stereocenters. The molecule has 1 fully saturated rings. The summed E-state index contributed by atoms with van der Waals surface area (Å²) >= 11 is 0. The van der Waals surface area contributed by atoms with Crippen LogP contribution in [0, 0.1) is 0 Å². The number of hydrogen-bond donors (Lipinski definition) is 2. The molecule has 92 valence electrons. The fraction of sp³-hybridized carbons (Fsp3) is 0.462. The van der Waals surface area contributed by atoms with Crippen LogP contribution in [0.2, 0.25) is 0 Å². The van der Waals surface area contributed by atoms with Crippen LogP contribution < -0.4 is 11.1 Å². The minimum Gasteiger partial charge on any atom is -0.348 e. The van der Waals surface area contributed by atoms with Crippen LogP contribution in [0.3, 0.4) is 0 Å². The van der Waals surface area contributed by atoms with Crippen LogP contribution in [0.25, 0.3) is 0 Å². The molecule has 4 nitrogen and oxygen atoms in total. The number of carbonyl (C=O) groups is 1. The van der Waals surface area contributed by atoms with Crippen LogP contribution in [0.15, 0.2) is 30.3 Å². The molecule has 1 aliphatic rings. The zero-order valence-corrected chi connectivity index (χ0v) is 10.1. The van der Waals surface area contributed by atoms with Gasteiger partial charge in [0.05, 0.1) is 12.6 Å². The van der Waals surface area contributed by atoms with E-state index in [-0.39, 0.29) is 18.0 Å². The quantitative estimate of drug-likeness (QED) is 0.796. The minimum atomic E-state index is 0.0543. The first kappa shape index (κ1) is 12.1. The number of likely N-dealkylation sites (tertiary alicyclic amines) is 1. The Labute approximate surface area is 102 Å². The molecule has 0 spiro atoms. The Morgan fingerprint density at radius 3 is 2.71 bits per heavy atom. The molecule has 1 aliphatic heterocycles. The number of hydrogen-bond acceptors (Lipinski definition) is 3. The number of carbonyl (C=O) groups excluding carboxylic acids is 1. The molecule has 1 heterocycles. The molecule has 0 bridgehead atoms. The maximum Gasteiger partial charge on any atom is 0.234 e. The standard InChI is InChI=1S/C13H19N3O/c1-10(11-5-3-2-4-6-11)15-13(17)9-16-7-12(14)8-16/h2-6,10,12H,7-9,14H2,1H3,(H,15,17). The van der Waals surface area contributed by atoms with Crippen molar-refractivity contribution in [3.05, 3.63) is 35.9 Å². The first-order valence-electron chi connectivity index (χ1n) is 5.97. The Morgan fingerprint density at radius 1 is 1.47 bits per heavy atom. The topological polar surface area (TPSA) is 58.4 Å². The summed E-state index contributed by atoms with van der Waals surface area (Å²) in [5.41, 5.74) is 6.79. The highest BCUT2D eigenvalue weighted by Crippen LogP contribution is 2.11. The predicted octanol–water partition coefficient (Wildman–Crippen LogP) is 0.507. The number of nitrogens with one attached hydrogen (secondary N) is 1. The van der Waals surface area contributed by atoms with E-state index in [1.807, 2.05) is 37.3 Å². The van der Waals surface area contributed by atoms with Gasteiger partial charge in [0.1, 0.15) is 0 Å². The summed E-state index contributed by atoms with van der Waals surface area (Å²) in [6, 6.07) is 10.3. The van der Waals surface area contributed by atoms with Gasteiger partial charge in [0.15, 0.2) is 0 Å². The molecule has 0 radical (unpaired) electrons. The smallest absolute Gasteiger partial charge is 0.234 e. The second kappa shape index (κ2) is 5.29. The minimum absolute atomic E-state index is 0.0543. The van der Waals surface area contributed by atoms with Crippen LogP contribution in [0.5, 0.6) is 0 Å². The van der Waals surface area contributed by atoms with Crippen LogP contribution in [0.1, 0.15) is 18.5 Å². The van der Waals surface area contributed by atoms with Gasteiger partial charge in [-0.1, -0.05) is 30.3 Å². The van der Waals surface area contributed by atoms with Crippen molar-refractivity contribution in [3.63, 3.8) is 0 Å². The highest BCUT2D eigenvalue weighted by molar-refractivity contribution is 5.78. The first-order valence-corrected chi connectivity index (χ1v) is 5.97. The largest absolute Gasteiger partial charge is 0.348 e. The zero-order valence-electron chi connectivity index (χ0n) is 10.1. The van der Waals surface area contributed by atoms with Crippen LogP contribution >= 0.6 is 0 Å². The fourth-order valence-corrected chi connectivity index (χ4v) is 2.05. The van der Waals surface area contributed by atoms with E-state index in [9.17, 15) is 4.79 Å². The van der Waals surface area contributed by atoms with E-state index in [4.69, 9.17) is 5.73 Å². The van der Waals surface area contributed by atoms with Crippen molar-refractivity contribution in [1.82, 2.24) is 10.2 Å². The second-order valence-corrected chi connectivity index (χ2v) is 4.65. The summed E-state index contributed by atoms with van der Waals surface area (Å²) in [6.45, 7) is 4.10. The zero-order chi connectivity index (χ0) is 12.3. The molecule has 2 rings (SSSR count). The van der Waals surface area contributed by atoms with E-state index >= 15 is 0 Å². The lowest BCUT2D eigenvalue weighted by Crippen LogP contribution is -2.58. The van der Waals surface area contributed by atoms with E-state index in [1.165, 1.54) is 0 Å². The second-order valence-electron chi connectivity index (χ2n) is 4.65. The Morgan fingerprint density at radius 2 is 2.12 bits per heavy atom. The molecule has 1 unspecified atom stereocenters. The van der Waals surface area contributed by atoms with Gasteiger partial charge < -0.3 is 11.1 Å². The normalized spacial score (nSPS) is 18.5. The lowest BCUT2D eigenvalue weighted by molar-refractivity contribution is -0.123. The Kier molecular flexibility index (Phi) is 3.76. The lowest BCUT2D eigenvalue weighted by atomic mass is 10.1. The highest BCUT2D eigenvalue weighted by Gasteiger charge is 2.25. The molecule has 1 aromatic rings. The van der Waals surface area contributed by atoms with E-state index in [1.54, 1.807) is 0 Å². The summed E-state index contributed by atoms with van der Waals surface area (Å²) in [4.78, 5) is 13.8. The molecular formula is C13H19N3O. The maximum atomic E-state index is 11.7. The van der Waals surface area contributed by atoms with E-state index < -0.39 is 0 Å². The number of benzene rings is 1. The predicted molar refractivity (Wildman–Crippen MR) is 67.4 cm³/mol. The van der Waals surface area contributed by atoms with Gasteiger partial charge >= 0.3 is 0 Å². The van der Waals surface area contributed by atoms with Crippen LogP contribution in [-0.2, 0) is 4.79 Å². The third-order valence-electron chi connectivity index (χ3n) is 3.03. The first-order chi connectivity index (χ1) is 8.15. The summed E-state index contributed by atoms with van der Waals surface area (Å²) in [5, 5.41) is 2.99. The molecule has 1 saturated heterocycles. The Hall–Kier alpha value is -1.39. The molecule has 0 aromatic heterocycles. The molecule has 17 heavy (non-hydrogen) atoms. The Bertz CT molecular complexity index is 374. The molecule has 1 amide bonds. The summed E-state index contributed by atoms with van der Waals surface area (Å²) in [6.07, 6.45) is 0. The van der Waals surface area contributed by atoms with Crippen molar-refractivity contribution < 1.29 is 4.79 Å². The van der Waals surface area contributed by atoms with Gasteiger partial charge in [-0.05, 0) is 12.5 Å². The highest BCUT2D eigenvalue weighted by atomic mass is 16.2. The molecular weight excluding hydrogens is 214 g/mol. The number of rotatable bonds is 4. The van der Waals surface area contributed by atoms with Crippen molar-refractivity contribution in [2.75, 3.05) is 19.6 Å². The molecule has 0 saturated carbocycles. The third kappa shape index (κ3) is 3.28. The number of nitrogens with two attached hydrogens (primary N) is 1. The van der Waals surface area contributed by atoms with Gasteiger partial charge in [-0.3, -0.25) is 9.69 Å². The van der Waals surface area contributed by atoms with E-state index in [0.717, 1.165) is 18.7 Å². The van der Waals surface area contributed by atoms with Gasteiger partial charge in [0.25, 0.3) is 0 Å². The molecule has 0 aliphatic carbocycles. The SMILES string of the molecule is CC(NC(=O)CN1CC(N)C1)c1ccccc1. The summed E-state index contributed by atoms with van der Waals surface area (Å²) in [7, 11) is 0. The average molecular weight is 233 g/mol. The van der Waals surface area contributed by atoms with Gasteiger partial charge in [-0.15, -0.1) is 0 Å². The van der Waals surface area contributed by atoms with Crippen LogP contribution in [-0.4, -0.2) is 36.5 Å². The monoisotopic (exact) mass is 233 g/mol. The van der Waals surface area contributed by atoms with Crippen LogP contribution in [0.4, 0.5) is 0 Å². The van der Waals surface area contributed by atoms with Crippen molar-refractivity contribution in [2.45, 2.75) is 19.0 Å². The van der Waals surface area contributed by atoms with Crippen molar-refractivity contribution in [3.8, 4) is 0 Å². The molecule has 1 aromatic carbocycles. The van der Waals surface area contributed by atoms with E-state index in [2.05, 4.69) is 10.2 Å². The van der Waals surface area contributed by atoms with E-state index in [0.29, 0.717) is 6.54 Å². The van der Waals surface area contributed by atoms with Crippen molar-refractivity contribution >= 4 is 5.91 Å². The Balaban J connectivity index is 1.78. The molecule has 4 heteroatoms.